The molecular formula is C18H35ClN2O2. The van der Waals surface area contributed by atoms with Gasteiger partial charge in [0.1, 0.15) is 0 Å². The number of carbonyl (C=O) groups excluding carboxylic acids is 1. The molecule has 1 aliphatic carbocycles. The lowest BCUT2D eigenvalue weighted by molar-refractivity contribution is -0.137. The van der Waals surface area contributed by atoms with E-state index in [2.05, 4.69) is 17.6 Å². The molecule has 2 rings (SSSR count). The number of carbonyl (C=O) groups is 1. The van der Waals surface area contributed by atoms with Crippen LogP contribution in [0.3, 0.4) is 0 Å². The third-order valence-corrected chi connectivity index (χ3v) is 5.61. The van der Waals surface area contributed by atoms with Crippen LogP contribution in [0.25, 0.3) is 0 Å². The Kier molecular flexibility index (Phi) is 9.48. The number of nitrogens with one attached hydrogen (secondary N) is 2. The maximum absolute atomic E-state index is 12.8. The van der Waals surface area contributed by atoms with Gasteiger partial charge in [0, 0.05) is 13.2 Å². The number of piperidine rings is 1. The summed E-state index contributed by atoms with van der Waals surface area (Å²) in [4.78, 5) is 12.8. The molecule has 23 heavy (non-hydrogen) atoms. The highest BCUT2D eigenvalue weighted by molar-refractivity contribution is 5.85. The van der Waals surface area contributed by atoms with Crippen molar-refractivity contribution in [3.8, 4) is 0 Å². The molecule has 1 amide bonds. The van der Waals surface area contributed by atoms with Crippen LogP contribution in [-0.2, 0) is 9.53 Å². The Labute approximate surface area is 147 Å². The maximum atomic E-state index is 12.8. The predicted octanol–water partition coefficient (Wildman–Crippen LogP) is 3.29. The summed E-state index contributed by atoms with van der Waals surface area (Å²) in [5.41, 5.74) is -0.306. The van der Waals surface area contributed by atoms with Crippen LogP contribution in [0.4, 0.5) is 0 Å². The number of hydrogen-bond acceptors (Lipinski definition) is 3. The molecule has 0 aromatic rings. The van der Waals surface area contributed by atoms with Crippen LogP contribution in [0.2, 0.25) is 0 Å². The summed E-state index contributed by atoms with van der Waals surface area (Å²) in [6.45, 7) is 4.65. The van der Waals surface area contributed by atoms with Gasteiger partial charge in [-0.05, 0) is 57.5 Å². The topological polar surface area (TPSA) is 50.4 Å². The van der Waals surface area contributed by atoms with Crippen molar-refractivity contribution in [3.63, 3.8) is 0 Å². The van der Waals surface area contributed by atoms with E-state index in [1.165, 1.54) is 32.1 Å². The summed E-state index contributed by atoms with van der Waals surface area (Å²) in [5.74, 6) is 1.12. The number of halogens is 1. The molecular weight excluding hydrogens is 312 g/mol. The molecule has 0 spiro atoms. The zero-order valence-electron chi connectivity index (χ0n) is 14.9. The Hall–Kier alpha value is -0.320. The Morgan fingerprint density at radius 2 is 1.87 bits per heavy atom. The molecule has 0 unspecified atom stereocenters. The van der Waals surface area contributed by atoms with E-state index < -0.39 is 0 Å². The molecule has 0 aromatic heterocycles. The predicted molar refractivity (Wildman–Crippen MR) is 97.1 cm³/mol. The molecule has 0 aromatic carbocycles. The zero-order valence-corrected chi connectivity index (χ0v) is 15.7. The monoisotopic (exact) mass is 346 g/mol. The molecule has 4 nitrogen and oxygen atoms in total. The molecule has 5 heteroatoms. The number of amides is 1. The lowest BCUT2D eigenvalue weighted by Crippen LogP contribution is -2.52. The summed E-state index contributed by atoms with van der Waals surface area (Å²) < 4.78 is 5.37. The molecule has 0 bridgehead atoms. The number of hydrogen-bond donors (Lipinski definition) is 2. The van der Waals surface area contributed by atoms with Crippen molar-refractivity contribution in [1.29, 1.82) is 0 Å². The highest BCUT2D eigenvalue weighted by atomic mass is 35.5. The molecule has 1 heterocycles. The summed E-state index contributed by atoms with van der Waals surface area (Å²) in [6, 6.07) is 0.383. The van der Waals surface area contributed by atoms with Crippen LogP contribution in [-0.4, -0.2) is 38.8 Å². The second-order valence-electron chi connectivity index (χ2n) is 7.30. The Morgan fingerprint density at radius 1 is 1.22 bits per heavy atom. The van der Waals surface area contributed by atoms with E-state index in [0.717, 1.165) is 44.7 Å². The quantitative estimate of drug-likeness (QED) is 0.743. The fourth-order valence-corrected chi connectivity index (χ4v) is 4.05. The van der Waals surface area contributed by atoms with Crippen molar-refractivity contribution in [1.82, 2.24) is 10.6 Å². The smallest absolute Gasteiger partial charge is 0.228 e. The average molecular weight is 347 g/mol. The van der Waals surface area contributed by atoms with Gasteiger partial charge in [-0.3, -0.25) is 4.79 Å². The number of ether oxygens (including phenoxy) is 1. The number of methoxy groups -OCH3 is 1. The second-order valence-corrected chi connectivity index (χ2v) is 7.30. The van der Waals surface area contributed by atoms with Gasteiger partial charge >= 0.3 is 0 Å². The van der Waals surface area contributed by atoms with Crippen LogP contribution in [0, 0.1) is 11.3 Å². The highest BCUT2D eigenvalue weighted by Gasteiger charge is 2.40. The van der Waals surface area contributed by atoms with Gasteiger partial charge in [0.05, 0.1) is 12.0 Å². The van der Waals surface area contributed by atoms with Gasteiger partial charge in [0.25, 0.3) is 0 Å². The van der Waals surface area contributed by atoms with Crippen LogP contribution < -0.4 is 10.6 Å². The van der Waals surface area contributed by atoms with Gasteiger partial charge in [-0.25, -0.2) is 0 Å². The fraction of sp³-hybridized carbons (Fsp3) is 0.944. The molecule has 0 radical (unpaired) electrons. The van der Waals surface area contributed by atoms with Gasteiger partial charge in [-0.2, -0.15) is 0 Å². The number of unbranched alkanes of at least 4 members (excludes halogenated alkanes) is 1. The van der Waals surface area contributed by atoms with Crippen LogP contribution in [0.15, 0.2) is 0 Å². The zero-order chi connectivity index (χ0) is 15.8. The first kappa shape index (κ1) is 20.7. The molecule has 2 aliphatic rings. The van der Waals surface area contributed by atoms with Crippen molar-refractivity contribution >= 4 is 18.3 Å². The van der Waals surface area contributed by atoms with E-state index in [4.69, 9.17) is 4.74 Å². The summed E-state index contributed by atoms with van der Waals surface area (Å²) >= 11 is 0. The van der Waals surface area contributed by atoms with E-state index in [0.29, 0.717) is 12.6 Å². The fourth-order valence-electron chi connectivity index (χ4n) is 4.05. The number of rotatable bonds is 7. The van der Waals surface area contributed by atoms with Crippen LogP contribution in [0.5, 0.6) is 0 Å². The molecule has 2 N–H and O–H groups in total. The van der Waals surface area contributed by atoms with Crippen molar-refractivity contribution in [2.45, 2.75) is 70.8 Å². The molecule has 1 saturated heterocycles. The van der Waals surface area contributed by atoms with E-state index in [-0.39, 0.29) is 23.7 Å². The summed E-state index contributed by atoms with van der Waals surface area (Å²) in [7, 11) is 1.70. The first-order valence-electron chi connectivity index (χ1n) is 9.21. The molecule has 1 aliphatic heterocycles. The molecule has 1 saturated carbocycles. The van der Waals surface area contributed by atoms with Crippen molar-refractivity contribution < 1.29 is 9.53 Å². The van der Waals surface area contributed by atoms with Crippen molar-refractivity contribution in [3.05, 3.63) is 0 Å². The summed E-state index contributed by atoms with van der Waals surface area (Å²) in [5, 5.41) is 6.69. The lowest BCUT2D eigenvalue weighted by atomic mass is 9.77. The van der Waals surface area contributed by atoms with Gasteiger partial charge in [-0.15, -0.1) is 12.4 Å². The van der Waals surface area contributed by atoms with Gasteiger partial charge in [-0.1, -0.05) is 26.2 Å². The van der Waals surface area contributed by atoms with E-state index in [1.807, 2.05) is 0 Å². The Balaban J connectivity index is 0.00000264. The summed E-state index contributed by atoms with van der Waals surface area (Å²) in [6.07, 6.45) is 10.7. The third kappa shape index (κ3) is 5.91. The minimum Gasteiger partial charge on any atom is -0.384 e. The third-order valence-electron chi connectivity index (χ3n) is 5.61. The molecule has 2 fully saturated rings. The van der Waals surface area contributed by atoms with Crippen molar-refractivity contribution in [2.75, 3.05) is 26.8 Å². The Morgan fingerprint density at radius 3 is 2.43 bits per heavy atom. The standard InChI is InChI=1S/C18H34N2O2.ClH/c1-3-4-5-15-6-8-16(9-7-15)20-17(21)18(14-22-2)10-12-19-13-11-18;/h15-16,19H,3-14H2,1-2H3,(H,20,21);1H. The molecule has 0 atom stereocenters. The first-order chi connectivity index (χ1) is 10.7. The SMILES string of the molecule is CCCCC1CCC(NC(=O)C2(COC)CCNCC2)CC1.Cl. The molecule has 136 valence electrons. The van der Waals surface area contributed by atoms with E-state index >= 15 is 0 Å². The second kappa shape index (κ2) is 10.5. The lowest BCUT2D eigenvalue weighted by Gasteiger charge is -2.38. The normalized spacial score (nSPS) is 27.0. The first-order valence-corrected chi connectivity index (χ1v) is 9.21. The minimum absolute atomic E-state index is 0. The van der Waals surface area contributed by atoms with Crippen LogP contribution >= 0.6 is 12.4 Å². The van der Waals surface area contributed by atoms with Crippen molar-refractivity contribution in [2.24, 2.45) is 11.3 Å². The van der Waals surface area contributed by atoms with Gasteiger partial charge in [0.15, 0.2) is 0 Å². The average Bonchev–Trinajstić information content (AvgIpc) is 2.55. The minimum atomic E-state index is -0.306. The maximum Gasteiger partial charge on any atom is 0.228 e. The Bertz CT molecular complexity index is 332. The van der Waals surface area contributed by atoms with Crippen LogP contribution in [0.1, 0.15) is 64.7 Å². The van der Waals surface area contributed by atoms with E-state index in [9.17, 15) is 4.79 Å². The van der Waals surface area contributed by atoms with Gasteiger partial charge < -0.3 is 15.4 Å². The highest BCUT2D eigenvalue weighted by Crippen LogP contribution is 2.32. The largest absolute Gasteiger partial charge is 0.384 e. The van der Waals surface area contributed by atoms with E-state index in [1.54, 1.807) is 7.11 Å². The van der Waals surface area contributed by atoms with Gasteiger partial charge in [0.2, 0.25) is 5.91 Å².